The van der Waals surface area contributed by atoms with Crippen LogP contribution in [-0.4, -0.2) is 15.9 Å². The van der Waals surface area contributed by atoms with Gasteiger partial charge in [0.1, 0.15) is 5.65 Å². The minimum Gasteiger partial charge on any atom is -0.322 e. The summed E-state index contributed by atoms with van der Waals surface area (Å²) in [6.45, 7) is 1.72. The van der Waals surface area contributed by atoms with E-state index in [1.165, 1.54) is 24.4 Å². The van der Waals surface area contributed by atoms with Gasteiger partial charge < -0.3 is 10.3 Å². The fourth-order valence-electron chi connectivity index (χ4n) is 3.37. The first-order valence-electron chi connectivity index (χ1n) is 10.5. The van der Waals surface area contributed by atoms with Gasteiger partial charge in [-0.1, -0.05) is 17.9 Å². The topological polar surface area (TPSA) is 74.8 Å². The number of halogens is 6. The van der Waals surface area contributed by atoms with Gasteiger partial charge in [-0.15, -0.1) is 0 Å². The second-order valence-corrected chi connectivity index (χ2v) is 8.01. The zero-order valence-electron chi connectivity index (χ0n) is 18.8. The number of hydrogen-bond acceptors (Lipinski definition) is 3. The lowest BCUT2D eigenvalue weighted by atomic mass is 10.0. The molecular weight excluding hydrogens is 500 g/mol. The van der Waals surface area contributed by atoms with Crippen molar-refractivity contribution in [3.63, 3.8) is 0 Å². The lowest BCUT2D eigenvalue weighted by Gasteiger charge is -2.15. The van der Waals surface area contributed by atoms with Crippen molar-refractivity contribution < 1.29 is 31.1 Å². The third-order valence-electron chi connectivity index (χ3n) is 5.26. The molecule has 0 radical (unpaired) electrons. The third kappa shape index (κ3) is 5.98. The Labute approximate surface area is 205 Å². The minimum atomic E-state index is -5.04. The summed E-state index contributed by atoms with van der Waals surface area (Å²) in [5.74, 6) is 4.86. The molecule has 0 aliphatic heterocycles. The number of carbonyl (C=O) groups is 1. The monoisotopic (exact) mass is 515 g/mol. The van der Waals surface area contributed by atoms with Gasteiger partial charge >= 0.3 is 12.4 Å². The summed E-state index contributed by atoms with van der Waals surface area (Å²) < 4.78 is 78.6. The van der Waals surface area contributed by atoms with Crippen molar-refractivity contribution >= 4 is 22.6 Å². The molecule has 0 unspecified atom stereocenters. The largest absolute Gasteiger partial charge is 0.416 e. The number of amides is 1. The number of aryl methyl sites for hydroxylation is 1. The standard InChI is InChI=1S/C26H15F6N3O2/c1-14-2-4-18(9-16(14)5-3-15-8-17-6-7-22(36)35-23(17)33-13-15)24(37)34-21-11-19(25(27,28)29)10-20(12-21)26(30,31)32/h2,4,6-13H,1H3,(H,34,37)(H,33,35,36). The molecule has 5 nitrogen and oxygen atoms in total. The molecule has 4 aromatic rings. The Bertz CT molecular complexity index is 1610. The van der Waals surface area contributed by atoms with Crippen LogP contribution in [0.1, 0.15) is 38.2 Å². The van der Waals surface area contributed by atoms with Crippen molar-refractivity contribution in [2.75, 3.05) is 5.32 Å². The Morgan fingerprint density at radius 2 is 1.57 bits per heavy atom. The van der Waals surface area contributed by atoms with Gasteiger partial charge in [0.25, 0.3) is 5.91 Å². The van der Waals surface area contributed by atoms with Gasteiger partial charge in [0.15, 0.2) is 0 Å². The normalized spacial score (nSPS) is 11.6. The molecule has 0 fully saturated rings. The van der Waals surface area contributed by atoms with Gasteiger partial charge in [-0.2, -0.15) is 26.3 Å². The van der Waals surface area contributed by atoms with Crippen molar-refractivity contribution in [3.05, 3.63) is 105 Å². The van der Waals surface area contributed by atoms with Crippen LogP contribution >= 0.6 is 0 Å². The van der Waals surface area contributed by atoms with Crippen LogP contribution in [0.15, 0.2) is 65.6 Å². The quantitative estimate of drug-likeness (QED) is 0.257. The van der Waals surface area contributed by atoms with Crippen molar-refractivity contribution in [2.45, 2.75) is 19.3 Å². The summed E-state index contributed by atoms with van der Waals surface area (Å²) in [5, 5.41) is 2.75. The number of H-pyrrole nitrogens is 1. The molecule has 2 aromatic heterocycles. The van der Waals surface area contributed by atoms with Crippen LogP contribution in [0.2, 0.25) is 0 Å². The van der Waals surface area contributed by atoms with E-state index in [0.717, 1.165) is 0 Å². The maximum absolute atomic E-state index is 13.1. The van der Waals surface area contributed by atoms with E-state index in [1.54, 1.807) is 25.1 Å². The molecule has 2 N–H and O–H groups in total. The molecule has 0 spiro atoms. The van der Waals surface area contributed by atoms with Crippen LogP contribution in [0.5, 0.6) is 0 Å². The molecule has 11 heteroatoms. The lowest BCUT2D eigenvalue weighted by molar-refractivity contribution is -0.143. The number of pyridine rings is 2. The van der Waals surface area contributed by atoms with E-state index in [1.807, 2.05) is 0 Å². The Morgan fingerprint density at radius 1 is 0.892 bits per heavy atom. The smallest absolute Gasteiger partial charge is 0.322 e. The van der Waals surface area contributed by atoms with Crippen LogP contribution < -0.4 is 10.9 Å². The fraction of sp³-hybridized carbons (Fsp3) is 0.115. The first kappa shape index (κ1) is 25.5. The Kier molecular flexibility index (Phi) is 6.52. The van der Waals surface area contributed by atoms with E-state index in [-0.39, 0.29) is 17.2 Å². The maximum Gasteiger partial charge on any atom is 0.416 e. The second-order valence-electron chi connectivity index (χ2n) is 8.01. The average Bonchev–Trinajstić information content (AvgIpc) is 2.82. The number of fused-ring (bicyclic) bond motifs is 1. The third-order valence-corrected chi connectivity index (χ3v) is 5.26. The van der Waals surface area contributed by atoms with E-state index < -0.39 is 35.1 Å². The van der Waals surface area contributed by atoms with Crippen LogP contribution in [0.3, 0.4) is 0 Å². The average molecular weight is 515 g/mol. The van der Waals surface area contributed by atoms with E-state index >= 15 is 0 Å². The highest BCUT2D eigenvalue weighted by atomic mass is 19.4. The van der Waals surface area contributed by atoms with E-state index in [4.69, 9.17) is 0 Å². The number of aromatic nitrogens is 2. The lowest BCUT2D eigenvalue weighted by Crippen LogP contribution is -2.16. The fourth-order valence-corrected chi connectivity index (χ4v) is 3.37. The summed E-state index contributed by atoms with van der Waals surface area (Å²) in [7, 11) is 0. The molecule has 2 aromatic carbocycles. The highest BCUT2D eigenvalue weighted by molar-refractivity contribution is 6.04. The highest BCUT2D eigenvalue weighted by Gasteiger charge is 2.37. The van der Waals surface area contributed by atoms with Crippen molar-refractivity contribution in [1.82, 2.24) is 9.97 Å². The van der Waals surface area contributed by atoms with Crippen molar-refractivity contribution in [2.24, 2.45) is 0 Å². The van der Waals surface area contributed by atoms with Crippen molar-refractivity contribution in [3.8, 4) is 11.8 Å². The van der Waals surface area contributed by atoms with Crippen LogP contribution in [-0.2, 0) is 12.4 Å². The number of anilines is 1. The maximum atomic E-state index is 13.1. The molecule has 0 bridgehead atoms. The van der Waals surface area contributed by atoms with E-state index in [2.05, 4.69) is 27.1 Å². The number of carbonyl (C=O) groups excluding carboxylic acids is 1. The van der Waals surface area contributed by atoms with Crippen LogP contribution in [0, 0.1) is 18.8 Å². The second kappa shape index (κ2) is 9.46. The summed E-state index contributed by atoms with van der Waals surface area (Å²) >= 11 is 0. The van der Waals surface area contributed by atoms with Gasteiger partial charge in [-0.25, -0.2) is 4.98 Å². The molecule has 0 aliphatic carbocycles. The Hall–Kier alpha value is -4.59. The Morgan fingerprint density at radius 3 is 2.22 bits per heavy atom. The molecule has 37 heavy (non-hydrogen) atoms. The summed E-state index contributed by atoms with van der Waals surface area (Å²) in [6.07, 6.45) is -8.64. The highest BCUT2D eigenvalue weighted by Crippen LogP contribution is 2.37. The predicted molar refractivity (Wildman–Crippen MR) is 124 cm³/mol. The number of hydrogen-bond donors (Lipinski definition) is 2. The van der Waals surface area contributed by atoms with Crippen molar-refractivity contribution in [1.29, 1.82) is 0 Å². The molecule has 0 aliphatic rings. The molecule has 4 rings (SSSR count). The zero-order valence-corrected chi connectivity index (χ0v) is 18.8. The first-order chi connectivity index (χ1) is 17.3. The molecular formula is C26H15F6N3O2. The number of nitrogens with one attached hydrogen (secondary N) is 2. The molecule has 1 amide bonds. The van der Waals surface area contributed by atoms with Gasteiger partial charge in [-0.3, -0.25) is 9.59 Å². The van der Waals surface area contributed by atoms with Crippen LogP contribution in [0.4, 0.5) is 32.0 Å². The van der Waals surface area contributed by atoms with Gasteiger partial charge in [0.2, 0.25) is 5.56 Å². The van der Waals surface area contributed by atoms with Gasteiger partial charge in [0.05, 0.1) is 11.1 Å². The summed E-state index contributed by atoms with van der Waals surface area (Å²) in [4.78, 5) is 30.8. The predicted octanol–water partition coefficient (Wildman–Crippen LogP) is 5.92. The van der Waals surface area contributed by atoms with Gasteiger partial charge in [0, 0.05) is 40.0 Å². The zero-order chi connectivity index (χ0) is 27.0. The number of alkyl halides is 6. The number of benzene rings is 2. The summed E-state index contributed by atoms with van der Waals surface area (Å²) in [6, 6.07) is 9.77. The number of aromatic amines is 1. The molecule has 0 atom stereocenters. The first-order valence-corrected chi connectivity index (χ1v) is 10.5. The van der Waals surface area contributed by atoms with Crippen LogP contribution in [0.25, 0.3) is 11.0 Å². The Balaban J connectivity index is 1.63. The SMILES string of the molecule is Cc1ccc(C(=O)Nc2cc(C(F)(F)F)cc(C(F)(F)F)c2)cc1C#Cc1cnc2[nH]c(=O)ccc2c1. The molecule has 0 saturated carbocycles. The van der Waals surface area contributed by atoms with E-state index in [0.29, 0.717) is 39.9 Å². The number of rotatable bonds is 2. The molecule has 188 valence electrons. The minimum absolute atomic E-state index is 0.0184. The molecule has 0 saturated heterocycles. The number of nitrogens with zero attached hydrogens (tertiary/aromatic N) is 1. The van der Waals surface area contributed by atoms with E-state index in [9.17, 15) is 35.9 Å². The summed E-state index contributed by atoms with van der Waals surface area (Å²) in [5.41, 5.74) is -2.06. The van der Waals surface area contributed by atoms with Gasteiger partial charge in [-0.05, 0) is 55.0 Å². The molecule has 2 heterocycles.